The molecule has 4 rings (SSSR count). The number of oxime groups is 1. The molecule has 3 aromatic carbocycles. The molecule has 0 unspecified atom stereocenters. The first-order valence-corrected chi connectivity index (χ1v) is 10.5. The summed E-state index contributed by atoms with van der Waals surface area (Å²) >= 11 is 23.9. The van der Waals surface area contributed by atoms with Gasteiger partial charge in [0.1, 0.15) is 0 Å². The molecule has 0 fully saturated rings. The number of carbonyl (C=O) groups is 3. The van der Waals surface area contributed by atoms with Gasteiger partial charge < -0.3 is 4.84 Å². The van der Waals surface area contributed by atoms with Crippen molar-refractivity contribution < 1.29 is 19.2 Å². The van der Waals surface area contributed by atoms with Gasteiger partial charge in [-0.05, 0) is 42.5 Å². The maximum Gasteiger partial charge on any atom is 0.367 e. The van der Waals surface area contributed by atoms with Crippen LogP contribution in [-0.2, 0) is 9.63 Å². The minimum Gasteiger partial charge on any atom is -0.312 e. The van der Waals surface area contributed by atoms with Crippen LogP contribution in [0.1, 0.15) is 26.3 Å². The van der Waals surface area contributed by atoms with Crippen LogP contribution in [0, 0.1) is 0 Å². The Hall–Kier alpha value is -2.90. The maximum absolute atomic E-state index is 13.1. The molecule has 1 aliphatic heterocycles. The fraction of sp³-hybridized carbons (Fsp3) is 0. The van der Waals surface area contributed by atoms with Gasteiger partial charge >= 0.3 is 5.97 Å². The van der Waals surface area contributed by atoms with Gasteiger partial charge in [-0.15, -0.1) is 0 Å². The minimum absolute atomic E-state index is 0.0139. The summed E-state index contributed by atoms with van der Waals surface area (Å²) in [6.45, 7) is 0. The third-order valence-electron chi connectivity index (χ3n) is 4.54. The largest absolute Gasteiger partial charge is 0.367 e. The molecule has 0 aliphatic carbocycles. The number of amides is 2. The van der Waals surface area contributed by atoms with Crippen LogP contribution in [-0.4, -0.2) is 23.5 Å². The summed E-state index contributed by atoms with van der Waals surface area (Å²) in [6, 6.07) is 15.0. The van der Waals surface area contributed by atoms with Gasteiger partial charge in [-0.2, -0.15) is 0 Å². The topological polar surface area (TPSA) is 76.0 Å². The summed E-state index contributed by atoms with van der Waals surface area (Å²) < 4.78 is 0. The fourth-order valence-corrected chi connectivity index (χ4v) is 4.04. The summed E-state index contributed by atoms with van der Waals surface area (Å²) in [5.74, 6) is -2.35. The number of fused-ring (bicyclic) bond motifs is 1. The Morgan fingerprint density at radius 2 is 1.41 bits per heavy atom. The number of rotatable bonds is 3. The van der Waals surface area contributed by atoms with Crippen LogP contribution in [0.15, 0.2) is 65.8 Å². The van der Waals surface area contributed by atoms with Crippen molar-refractivity contribution in [2.24, 2.45) is 5.16 Å². The van der Waals surface area contributed by atoms with E-state index < -0.39 is 17.8 Å². The van der Waals surface area contributed by atoms with Crippen LogP contribution in [0.4, 0.5) is 5.69 Å². The third-order valence-corrected chi connectivity index (χ3v) is 5.64. The SMILES string of the molecule is O=C(O/N=C1\C(=O)N(C(=O)c2ccc(Cl)cc2Cl)c2ccccc21)c1ccc(Cl)cc1Cl. The van der Waals surface area contributed by atoms with E-state index in [-0.39, 0.29) is 32.6 Å². The van der Waals surface area contributed by atoms with Gasteiger partial charge in [0.05, 0.1) is 26.9 Å². The molecule has 1 heterocycles. The Labute approximate surface area is 201 Å². The molecule has 32 heavy (non-hydrogen) atoms. The molecule has 0 spiro atoms. The molecule has 0 bridgehead atoms. The highest BCUT2D eigenvalue weighted by Gasteiger charge is 2.39. The van der Waals surface area contributed by atoms with Crippen LogP contribution >= 0.6 is 46.4 Å². The normalized spacial score (nSPS) is 13.9. The molecule has 160 valence electrons. The summed E-state index contributed by atoms with van der Waals surface area (Å²) in [5, 5.41) is 4.56. The first-order chi connectivity index (χ1) is 15.3. The van der Waals surface area contributed by atoms with E-state index in [1.165, 1.54) is 36.4 Å². The summed E-state index contributed by atoms with van der Waals surface area (Å²) in [5.41, 5.74) is 0.446. The number of carbonyl (C=O) groups excluding carboxylic acids is 3. The molecule has 2 amide bonds. The van der Waals surface area contributed by atoms with Gasteiger partial charge in [0.2, 0.25) is 0 Å². The lowest BCUT2D eigenvalue weighted by molar-refractivity contribution is -0.111. The van der Waals surface area contributed by atoms with E-state index in [0.717, 1.165) is 4.90 Å². The smallest absolute Gasteiger partial charge is 0.312 e. The molecular formula is C22H10Cl4N2O4. The van der Waals surface area contributed by atoms with E-state index in [1.807, 2.05) is 0 Å². The number of hydrogen-bond donors (Lipinski definition) is 0. The number of anilines is 1. The molecular weight excluding hydrogens is 498 g/mol. The fourth-order valence-electron chi connectivity index (χ4n) is 3.06. The van der Waals surface area contributed by atoms with Crippen molar-refractivity contribution in [2.45, 2.75) is 0 Å². The van der Waals surface area contributed by atoms with Gasteiger partial charge in [0.15, 0.2) is 5.71 Å². The predicted molar refractivity (Wildman–Crippen MR) is 123 cm³/mol. The minimum atomic E-state index is -0.894. The number of halogens is 4. The van der Waals surface area contributed by atoms with Crippen LogP contribution < -0.4 is 4.90 Å². The van der Waals surface area contributed by atoms with E-state index in [9.17, 15) is 14.4 Å². The highest BCUT2D eigenvalue weighted by atomic mass is 35.5. The van der Waals surface area contributed by atoms with Crippen molar-refractivity contribution in [3.8, 4) is 0 Å². The molecule has 0 atom stereocenters. The average molecular weight is 508 g/mol. The zero-order valence-corrected chi connectivity index (χ0v) is 18.8. The maximum atomic E-state index is 13.1. The lowest BCUT2D eigenvalue weighted by atomic mass is 10.1. The standard InChI is InChI=1S/C22H10Cl4N2O4/c23-11-5-7-13(16(25)9-11)20(29)28-18-4-2-1-3-15(18)19(21(28)30)27-32-22(31)14-8-6-12(24)10-17(14)26/h1-10H/b27-19-. The van der Waals surface area contributed by atoms with Crippen molar-refractivity contribution in [1.82, 2.24) is 0 Å². The highest BCUT2D eigenvalue weighted by molar-refractivity contribution is 6.59. The van der Waals surface area contributed by atoms with E-state index >= 15 is 0 Å². The Morgan fingerprint density at radius 1 is 0.812 bits per heavy atom. The molecule has 10 heteroatoms. The van der Waals surface area contributed by atoms with Crippen molar-refractivity contribution in [3.05, 3.63) is 97.4 Å². The molecule has 3 aromatic rings. The molecule has 6 nitrogen and oxygen atoms in total. The van der Waals surface area contributed by atoms with Crippen LogP contribution in [0.25, 0.3) is 0 Å². The van der Waals surface area contributed by atoms with E-state index in [0.29, 0.717) is 15.6 Å². The van der Waals surface area contributed by atoms with E-state index in [2.05, 4.69) is 5.16 Å². The van der Waals surface area contributed by atoms with Crippen molar-refractivity contribution in [3.63, 3.8) is 0 Å². The second-order valence-electron chi connectivity index (χ2n) is 6.53. The number of imide groups is 1. The zero-order chi connectivity index (χ0) is 23.0. The van der Waals surface area contributed by atoms with E-state index in [4.69, 9.17) is 51.2 Å². The number of nitrogens with zero attached hydrogens (tertiary/aromatic N) is 2. The number of para-hydroxylation sites is 1. The number of benzene rings is 3. The quantitative estimate of drug-likeness (QED) is 0.245. The Kier molecular flexibility index (Phi) is 6.22. The summed E-state index contributed by atoms with van der Waals surface area (Å²) in [4.78, 5) is 44.5. The van der Waals surface area contributed by atoms with Gasteiger partial charge in [-0.1, -0.05) is 69.8 Å². The molecule has 0 saturated heterocycles. The summed E-state index contributed by atoms with van der Waals surface area (Å²) in [7, 11) is 0. The van der Waals surface area contributed by atoms with Crippen LogP contribution in [0.5, 0.6) is 0 Å². The molecule has 0 radical (unpaired) electrons. The van der Waals surface area contributed by atoms with Crippen molar-refractivity contribution in [1.29, 1.82) is 0 Å². The van der Waals surface area contributed by atoms with Crippen LogP contribution in [0.2, 0.25) is 20.1 Å². The number of hydrogen-bond acceptors (Lipinski definition) is 5. The highest BCUT2D eigenvalue weighted by Crippen LogP contribution is 2.33. The average Bonchev–Trinajstić information content (AvgIpc) is 3.02. The zero-order valence-electron chi connectivity index (χ0n) is 15.8. The molecule has 1 aliphatic rings. The third kappa shape index (κ3) is 4.10. The molecule has 0 aromatic heterocycles. The predicted octanol–water partition coefficient (Wildman–Crippen LogP) is 6.05. The second kappa shape index (κ2) is 8.92. The lowest BCUT2D eigenvalue weighted by Crippen LogP contribution is -2.36. The monoisotopic (exact) mass is 506 g/mol. The molecule has 0 N–H and O–H groups in total. The lowest BCUT2D eigenvalue weighted by Gasteiger charge is -2.15. The Morgan fingerprint density at radius 3 is 2.03 bits per heavy atom. The van der Waals surface area contributed by atoms with Gasteiger partial charge in [-0.25, -0.2) is 9.69 Å². The van der Waals surface area contributed by atoms with Crippen molar-refractivity contribution in [2.75, 3.05) is 4.90 Å². The van der Waals surface area contributed by atoms with Gasteiger partial charge in [0.25, 0.3) is 11.8 Å². The van der Waals surface area contributed by atoms with Crippen molar-refractivity contribution >= 4 is 75.6 Å². The Balaban J connectivity index is 1.68. The van der Waals surface area contributed by atoms with Gasteiger partial charge in [0, 0.05) is 15.6 Å². The first-order valence-electron chi connectivity index (χ1n) is 8.95. The first kappa shape index (κ1) is 22.3. The summed E-state index contributed by atoms with van der Waals surface area (Å²) in [6.07, 6.45) is 0. The molecule has 0 saturated carbocycles. The Bertz CT molecular complexity index is 1320. The van der Waals surface area contributed by atoms with E-state index in [1.54, 1.807) is 24.3 Å². The van der Waals surface area contributed by atoms with Gasteiger partial charge in [-0.3, -0.25) is 9.59 Å². The second-order valence-corrected chi connectivity index (χ2v) is 8.22. The van der Waals surface area contributed by atoms with Crippen LogP contribution in [0.3, 0.4) is 0 Å².